The summed E-state index contributed by atoms with van der Waals surface area (Å²) >= 11 is 0. The minimum Gasteiger partial charge on any atom is -0.347 e. The van der Waals surface area contributed by atoms with Gasteiger partial charge in [0.2, 0.25) is 11.8 Å². The number of carbonyl (C=O) groups is 2. The highest BCUT2D eigenvalue weighted by atomic mass is 16.2. The third kappa shape index (κ3) is 3.83. The summed E-state index contributed by atoms with van der Waals surface area (Å²) < 4.78 is 0. The van der Waals surface area contributed by atoms with Gasteiger partial charge in [0.15, 0.2) is 0 Å². The molecule has 0 aliphatic heterocycles. The van der Waals surface area contributed by atoms with E-state index < -0.39 is 0 Å². The fourth-order valence-corrected chi connectivity index (χ4v) is 4.84. The summed E-state index contributed by atoms with van der Waals surface area (Å²) in [4.78, 5) is 24.9. The molecule has 2 atom stereocenters. The number of nitrogens with two attached hydrogens (primary N) is 1. The number of nitrogens with one attached hydrogen (secondary N) is 2. The Balaban J connectivity index is 1.33. The first-order chi connectivity index (χ1) is 13.1. The molecular formula is C22H27N3O2. The van der Waals surface area contributed by atoms with Crippen LogP contribution in [0, 0.1) is 17.8 Å². The standard InChI is InChI=1S/C22H27N3O2/c23-21-15-7-3-8-16(21)12-17(11-15)22(27)24-13-20(26)25-19-10-4-6-14-5-1-2-9-18(14)19/h1-2,4-6,9-10,15-17,21H,3,7-8,11-13,23H2,(H,24,27)(H,25,26). The van der Waals surface area contributed by atoms with Crippen LogP contribution in [0.4, 0.5) is 5.69 Å². The fraction of sp³-hybridized carbons (Fsp3) is 0.455. The largest absolute Gasteiger partial charge is 0.347 e. The van der Waals surface area contributed by atoms with E-state index >= 15 is 0 Å². The summed E-state index contributed by atoms with van der Waals surface area (Å²) in [5.41, 5.74) is 7.07. The number of fused-ring (bicyclic) bond motifs is 3. The Morgan fingerprint density at radius 1 is 1.00 bits per heavy atom. The van der Waals surface area contributed by atoms with E-state index in [-0.39, 0.29) is 30.3 Å². The second-order valence-corrected chi connectivity index (χ2v) is 7.99. The predicted molar refractivity (Wildman–Crippen MR) is 107 cm³/mol. The maximum atomic E-state index is 12.6. The Morgan fingerprint density at radius 3 is 2.48 bits per heavy atom. The van der Waals surface area contributed by atoms with Crippen LogP contribution in [-0.4, -0.2) is 24.4 Å². The Bertz CT molecular complexity index is 831. The lowest BCUT2D eigenvalue weighted by Crippen LogP contribution is -2.49. The molecule has 4 N–H and O–H groups in total. The van der Waals surface area contributed by atoms with Crippen LogP contribution in [0.2, 0.25) is 0 Å². The van der Waals surface area contributed by atoms with Crippen molar-refractivity contribution in [1.82, 2.24) is 5.32 Å². The van der Waals surface area contributed by atoms with Gasteiger partial charge in [0.1, 0.15) is 0 Å². The quantitative estimate of drug-likeness (QED) is 0.779. The summed E-state index contributed by atoms with van der Waals surface area (Å²) in [6.45, 7) is -0.0000581. The third-order valence-electron chi connectivity index (χ3n) is 6.27. The summed E-state index contributed by atoms with van der Waals surface area (Å²) in [7, 11) is 0. The van der Waals surface area contributed by atoms with E-state index in [0.717, 1.165) is 42.1 Å². The number of hydrogen-bond donors (Lipinski definition) is 3. The maximum Gasteiger partial charge on any atom is 0.243 e. The Kier molecular flexibility index (Phi) is 5.12. The summed E-state index contributed by atoms with van der Waals surface area (Å²) in [5.74, 6) is 0.695. The van der Waals surface area contributed by atoms with E-state index in [9.17, 15) is 9.59 Å². The van der Waals surface area contributed by atoms with Gasteiger partial charge in [-0.15, -0.1) is 0 Å². The SMILES string of the molecule is NC1C2CCCC1CC(C(=O)NCC(=O)Nc1cccc3ccccc13)C2. The van der Waals surface area contributed by atoms with E-state index in [1.54, 1.807) is 0 Å². The Labute approximate surface area is 159 Å². The van der Waals surface area contributed by atoms with Gasteiger partial charge in [-0.3, -0.25) is 9.59 Å². The van der Waals surface area contributed by atoms with Crippen molar-refractivity contribution in [3.63, 3.8) is 0 Å². The molecule has 2 fully saturated rings. The molecule has 5 heteroatoms. The zero-order chi connectivity index (χ0) is 18.8. The van der Waals surface area contributed by atoms with Gasteiger partial charge in [-0.2, -0.15) is 0 Å². The summed E-state index contributed by atoms with van der Waals surface area (Å²) in [6.07, 6.45) is 5.19. The molecule has 5 nitrogen and oxygen atoms in total. The maximum absolute atomic E-state index is 12.6. The van der Waals surface area contributed by atoms with Crippen molar-refractivity contribution in [3.05, 3.63) is 42.5 Å². The highest BCUT2D eigenvalue weighted by molar-refractivity contribution is 6.03. The van der Waals surface area contributed by atoms with E-state index in [1.807, 2.05) is 42.5 Å². The van der Waals surface area contributed by atoms with Gasteiger partial charge in [0.05, 0.1) is 6.54 Å². The molecular weight excluding hydrogens is 338 g/mol. The molecule has 2 aromatic carbocycles. The minimum atomic E-state index is -0.201. The highest BCUT2D eigenvalue weighted by Crippen LogP contribution is 2.41. The van der Waals surface area contributed by atoms with E-state index in [0.29, 0.717) is 11.8 Å². The number of rotatable bonds is 4. The van der Waals surface area contributed by atoms with Gasteiger partial charge in [-0.1, -0.05) is 42.8 Å². The zero-order valence-electron chi connectivity index (χ0n) is 15.5. The van der Waals surface area contributed by atoms with E-state index in [4.69, 9.17) is 5.73 Å². The molecule has 0 aromatic heterocycles. The van der Waals surface area contributed by atoms with Crippen LogP contribution >= 0.6 is 0 Å². The second kappa shape index (κ2) is 7.69. The first kappa shape index (κ1) is 18.0. The molecule has 4 rings (SSSR count). The Hall–Kier alpha value is -2.40. The van der Waals surface area contributed by atoms with Gasteiger partial charge in [0.25, 0.3) is 0 Å². The molecule has 2 aliphatic carbocycles. The van der Waals surface area contributed by atoms with Gasteiger partial charge >= 0.3 is 0 Å². The normalized spacial score (nSPS) is 27.1. The van der Waals surface area contributed by atoms with Crippen LogP contribution in [0.5, 0.6) is 0 Å². The molecule has 2 amide bonds. The topological polar surface area (TPSA) is 84.2 Å². The van der Waals surface area contributed by atoms with Crippen LogP contribution in [-0.2, 0) is 9.59 Å². The summed E-state index contributed by atoms with van der Waals surface area (Å²) in [6, 6.07) is 14.0. The van der Waals surface area contributed by atoms with Gasteiger partial charge in [-0.25, -0.2) is 0 Å². The highest BCUT2D eigenvalue weighted by Gasteiger charge is 2.40. The van der Waals surface area contributed by atoms with Crippen molar-refractivity contribution in [1.29, 1.82) is 0 Å². The van der Waals surface area contributed by atoms with Crippen molar-refractivity contribution < 1.29 is 9.59 Å². The van der Waals surface area contributed by atoms with Crippen LogP contribution in [0.15, 0.2) is 42.5 Å². The summed E-state index contributed by atoms with van der Waals surface area (Å²) in [5, 5.41) is 7.82. The Morgan fingerprint density at radius 2 is 1.70 bits per heavy atom. The van der Waals surface area contributed by atoms with Crippen LogP contribution in [0.25, 0.3) is 10.8 Å². The lowest BCUT2D eigenvalue weighted by atomic mass is 9.65. The zero-order valence-corrected chi connectivity index (χ0v) is 15.5. The molecule has 0 radical (unpaired) electrons. The number of anilines is 1. The van der Waals surface area contributed by atoms with Gasteiger partial charge in [0, 0.05) is 23.0 Å². The molecule has 142 valence electrons. The first-order valence-electron chi connectivity index (χ1n) is 9.92. The predicted octanol–water partition coefficient (Wildman–Crippen LogP) is 3.05. The molecule has 2 aliphatic rings. The number of amides is 2. The first-order valence-corrected chi connectivity index (χ1v) is 9.92. The van der Waals surface area contributed by atoms with Crippen LogP contribution in [0.1, 0.15) is 32.1 Å². The minimum absolute atomic E-state index is 0.0000581. The lowest BCUT2D eigenvalue weighted by Gasteiger charge is -2.43. The van der Waals surface area contributed by atoms with E-state index in [2.05, 4.69) is 10.6 Å². The van der Waals surface area contributed by atoms with Crippen molar-refractivity contribution in [3.8, 4) is 0 Å². The average Bonchev–Trinajstić information content (AvgIpc) is 2.66. The third-order valence-corrected chi connectivity index (χ3v) is 6.27. The molecule has 2 unspecified atom stereocenters. The van der Waals surface area contributed by atoms with Crippen LogP contribution in [0.3, 0.4) is 0 Å². The van der Waals surface area contributed by atoms with Gasteiger partial charge < -0.3 is 16.4 Å². The van der Waals surface area contributed by atoms with Crippen molar-refractivity contribution in [2.75, 3.05) is 11.9 Å². The number of hydrogen-bond acceptors (Lipinski definition) is 3. The van der Waals surface area contributed by atoms with E-state index in [1.165, 1.54) is 6.42 Å². The fourth-order valence-electron chi connectivity index (χ4n) is 4.84. The molecule has 27 heavy (non-hydrogen) atoms. The molecule has 0 saturated heterocycles. The van der Waals surface area contributed by atoms with Gasteiger partial charge in [-0.05, 0) is 49.0 Å². The molecule has 0 heterocycles. The molecule has 0 spiro atoms. The van der Waals surface area contributed by atoms with Crippen molar-refractivity contribution in [2.45, 2.75) is 38.1 Å². The smallest absolute Gasteiger partial charge is 0.243 e. The average molecular weight is 365 g/mol. The lowest BCUT2D eigenvalue weighted by molar-refractivity contribution is -0.129. The molecule has 2 aromatic rings. The number of carbonyl (C=O) groups excluding carboxylic acids is 2. The number of benzene rings is 2. The molecule has 2 bridgehead atoms. The monoisotopic (exact) mass is 365 g/mol. The molecule has 2 saturated carbocycles. The van der Waals surface area contributed by atoms with Crippen molar-refractivity contribution >= 4 is 28.3 Å². The van der Waals surface area contributed by atoms with Crippen LogP contribution < -0.4 is 16.4 Å². The second-order valence-electron chi connectivity index (χ2n) is 7.99. The van der Waals surface area contributed by atoms with Crippen molar-refractivity contribution in [2.24, 2.45) is 23.5 Å².